The van der Waals surface area contributed by atoms with E-state index >= 15 is 0 Å². The minimum Gasteiger partial charge on any atom is -0.330 e. The van der Waals surface area contributed by atoms with Crippen molar-refractivity contribution >= 4 is 5.91 Å². The van der Waals surface area contributed by atoms with Crippen molar-refractivity contribution in [2.45, 2.75) is 6.43 Å². The standard InChI is InChI=1S/C9H14F2N4O/c1-14-4-2-7(13-14)9(16)15(5-3-12)6-8(10)11/h2,4,8H,3,5-6,12H2,1H3. The molecule has 0 aliphatic carbocycles. The second kappa shape index (κ2) is 5.55. The molecule has 0 aromatic carbocycles. The van der Waals surface area contributed by atoms with Crippen molar-refractivity contribution < 1.29 is 13.6 Å². The maximum Gasteiger partial charge on any atom is 0.274 e. The van der Waals surface area contributed by atoms with Crippen LogP contribution in [0.1, 0.15) is 10.5 Å². The van der Waals surface area contributed by atoms with Gasteiger partial charge in [-0.25, -0.2) is 8.78 Å². The molecule has 0 atom stereocenters. The van der Waals surface area contributed by atoms with Gasteiger partial charge in [-0.3, -0.25) is 9.48 Å². The van der Waals surface area contributed by atoms with Gasteiger partial charge in [0.15, 0.2) is 0 Å². The van der Waals surface area contributed by atoms with Crippen molar-refractivity contribution in [1.29, 1.82) is 0 Å². The summed E-state index contributed by atoms with van der Waals surface area (Å²) >= 11 is 0. The maximum absolute atomic E-state index is 12.2. The zero-order valence-corrected chi connectivity index (χ0v) is 8.94. The lowest BCUT2D eigenvalue weighted by molar-refractivity contribution is 0.0557. The Bertz CT molecular complexity index is 353. The first-order valence-corrected chi connectivity index (χ1v) is 4.81. The number of nitrogens with two attached hydrogens (primary N) is 1. The Balaban J connectivity index is 2.74. The van der Waals surface area contributed by atoms with Crippen LogP contribution in [0.15, 0.2) is 12.3 Å². The molecule has 0 unspecified atom stereocenters. The third kappa shape index (κ3) is 3.27. The van der Waals surface area contributed by atoms with Crippen LogP contribution in [0, 0.1) is 0 Å². The van der Waals surface area contributed by atoms with Gasteiger partial charge in [-0.05, 0) is 6.07 Å². The van der Waals surface area contributed by atoms with E-state index in [4.69, 9.17) is 5.73 Å². The van der Waals surface area contributed by atoms with E-state index in [1.165, 1.54) is 10.7 Å². The van der Waals surface area contributed by atoms with Gasteiger partial charge >= 0.3 is 0 Å². The number of alkyl halides is 2. The zero-order chi connectivity index (χ0) is 12.1. The first-order valence-electron chi connectivity index (χ1n) is 4.81. The molecule has 0 bridgehead atoms. The molecule has 7 heteroatoms. The van der Waals surface area contributed by atoms with Crippen LogP contribution in [-0.2, 0) is 7.05 Å². The van der Waals surface area contributed by atoms with Crippen LogP contribution in [-0.4, -0.2) is 46.6 Å². The van der Waals surface area contributed by atoms with Gasteiger partial charge in [0.2, 0.25) is 0 Å². The summed E-state index contributed by atoms with van der Waals surface area (Å²) in [5.41, 5.74) is 5.41. The quantitative estimate of drug-likeness (QED) is 0.782. The summed E-state index contributed by atoms with van der Waals surface area (Å²) in [6.45, 7) is -0.377. The normalized spacial score (nSPS) is 10.8. The summed E-state index contributed by atoms with van der Waals surface area (Å²) in [7, 11) is 1.65. The molecule has 0 aliphatic rings. The molecule has 1 aromatic heterocycles. The molecule has 2 N–H and O–H groups in total. The van der Waals surface area contributed by atoms with Crippen LogP contribution >= 0.6 is 0 Å². The van der Waals surface area contributed by atoms with Crippen LogP contribution in [0.2, 0.25) is 0 Å². The number of rotatable bonds is 5. The predicted octanol–water partition coefficient (Wildman–Crippen LogP) is 0.0861. The van der Waals surface area contributed by atoms with Gasteiger partial charge in [-0.15, -0.1) is 0 Å². The molecule has 1 rings (SSSR count). The highest BCUT2D eigenvalue weighted by Gasteiger charge is 2.20. The molecule has 5 nitrogen and oxygen atoms in total. The Hall–Kier alpha value is -1.50. The fraction of sp³-hybridized carbons (Fsp3) is 0.556. The fourth-order valence-corrected chi connectivity index (χ4v) is 1.29. The van der Waals surface area contributed by atoms with Crippen molar-refractivity contribution in [2.75, 3.05) is 19.6 Å². The molecular formula is C9H14F2N4O. The predicted molar refractivity (Wildman–Crippen MR) is 54.2 cm³/mol. The lowest BCUT2D eigenvalue weighted by atomic mass is 10.3. The van der Waals surface area contributed by atoms with E-state index in [0.29, 0.717) is 0 Å². The highest BCUT2D eigenvalue weighted by molar-refractivity contribution is 5.92. The van der Waals surface area contributed by atoms with Crippen LogP contribution in [0.25, 0.3) is 0 Å². The number of hydrogen-bond donors (Lipinski definition) is 1. The van der Waals surface area contributed by atoms with Gasteiger partial charge in [0.25, 0.3) is 12.3 Å². The molecule has 1 aromatic rings. The minimum absolute atomic E-state index is 0.0970. The average Bonchev–Trinajstić information content (AvgIpc) is 2.62. The first-order chi connectivity index (χ1) is 7.54. The molecular weight excluding hydrogens is 218 g/mol. The van der Waals surface area contributed by atoms with Crippen molar-refractivity contribution in [1.82, 2.24) is 14.7 Å². The van der Waals surface area contributed by atoms with E-state index in [9.17, 15) is 13.6 Å². The van der Waals surface area contributed by atoms with Crippen LogP contribution in [0.3, 0.4) is 0 Å². The average molecular weight is 232 g/mol. The van der Waals surface area contributed by atoms with E-state index in [2.05, 4.69) is 5.10 Å². The number of nitrogens with zero attached hydrogens (tertiary/aromatic N) is 3. The third-order valence-corrected chi connectivity index (χ3v) is 1.98. The largest absolute Gasteiger partial charge is 0.330 e. The molecule has 1 amide bonds. The topological polar surface area (TPSA) is 64.2 Å². The van der Waals surface area contributed by atoms with E-state index < -0.39 is 18.9 Å². The van der Waals surface area contributed by atoms with Crippen LogP contribution in [0.5, 0.6) is 0 Å². The Kier molecular flexibility index (Phi) is 4.36. The van der Waals surface area contributed by atoms with Crippen molar-refractivity contribution in [3.8, 4) is 0 Å². The van der Waals surface area contributed by atoms with Gasteiger partial charge in [-0.1, -0.05) is 0 Å². The van der Waals surface area contributed by atoms with Gasteiger partial charge in [0, 0.05) is 26.3 Å². The van der Waals surface area contributed by atoms with Gasteiger partial charge < -0.3 is 10.6 Å². The maximum atomic E-state index is 12.2. The van der Waals surface area contributed by atoms with E-state index in [1.54, 1.807) is 13.2 Å². The van der Waals surface area contributed by atoms with Crippen molar-refractivity contribution in [3.63, 3.8) is 0 Å². The monoisotopic (exact) mass is 232 g/mol. The minimum atomic E-state index is -2.57. The highest BCUT2D eigenvalue weighted by atomic mass is 19.3. The molecule has 16 heavy (non-hydrogen) atoms. The lowest BCUT2D eigenvalue weighted by Gasteiger charge is -2.20. The number of hydrogen-bond acceptors (Lipinski definition) is 3. The second-order valence-electron chi connectivity index (χ2n) is 3.31. The fourth-order valence-electron chi connectivity index (χ4n) is 1.29. The van der Waals surface area contributed by atoms with E-state index in [1.807, 2.05) is 0 Å². The Morgan fingerprint density at radius 3 is 2.81 bits per heavy atom. The molecule has 0 radical (unpaired) electrons. The molecule has 0 spiro atoms. The number of amides is 1. The molecule has 0 aliphatic heterocycles. The molecule has 0 fully saturated rings. The molecule has 0 saturated heterocycles. The first kappa shape index (κ1) is 12.6. The molecule has 90 valence electrons. The Morgan fingerprint density at radius 1 is 1.69 bits per heavy atom. The van der Waals surface area contributed by atoms with E-state index in [0.717, 1.165) is 4.90 Å². The van der Waals surface area contributed by atoms with Crippen molar-refractivity contribution in [2.24, 2.45) is 12.8 Å². The van der Waals surface area contributed by atoms with Crippen LogP contribution < -0.4 is 5.73 Å². The summed E-state index contributed by atoms with van der Waals surface area (Å²) in [6, 6.07) is 1.48. The van der Waals surface area contributed by atoms with Crippen molar-refractivity contribution in [3.05, 3.63) is 18.0 Å². The SMILES string of the molecule is Cn1ccc(C(=O)N(CCN)CC(F)F)n1. The summed E-state index contributed by atoms with van der Waals surface area (Å²) < 4.78 is 25.9. The number of aromatic nitrogens is 2. The second-order valence-corrected chi connectivity index (χ2v) is 3.31. The third-order valence-electron chi connectivity index (χ3n) is 1.98. The summed E-state index contributed by atoms with van der Waals surface area (Å²) in [5, 5.41) is 3.86. The summed E-state index contributed by atoms with van der Waals surface area (Å²) in [5.74, 6) is -0.522. The Morgan fingerprint density at radius 2 is 2.38 bits per heavy atom. The summed E-state index contributed by atoms with van der Waals surface area (Å²) in [4.78, 5) is 12.8. The summed E-state index contributed by atoms with van der Waals surface area (Å²) in [6.07, 6.45) is -0.991. The van der Waals surface area contributed by atoms with Gasteiger partial charge in [0.1, 0.15) is 5.69 Å². The highest BCUT2D eigenvalue weighted by Crippen LogP contribution is 2.04. The van der Waals surface area contributed by atoms with Gasteiger partial charge in [-0.2, -0.15) is 5.10 Å². The Labute approximate surface area is 91.8 Å². The van der Waals surface area contributed by atoms with Gasteiger partial charge in [0.05, 0.1) is 6.54 Å². The molecule has 1 heterocycles. The lowest BCUT2D eigenvalue weighted by Crippen LogP contribution is -2.38. The van der Waals surface area contributed by atoms with Crippen LogP contribution in [0.4, 0.5) is 8.78 Å². The number of carbonyl (C=O) groups excluding carboxylic acids is 1. The smallest absolute Gasteiger partial charge is 0.274 e. The molecule has 0 saturated carbocycles. The number of carbonyl (C=O) groups is 1. The zero-order valence-electron chi connectivity index (χ0n) is 8.94. The van der Waals surface area contributed by atoms with E-state index in [-0.39, 0.29) is 18.8 Å². The number of halogens is 2. The number of aryl methyl sites for hydroxylation is 1.